The molecule has 1 aliphatic heterocycles. The molecule has 1 aliphatic rings. The highest BCUT2D eigenvalue weighted by Gasteiger charge is 2.15. The normalized spacial score (nSPS) is 24.6. The van der Waals surface area contributed by atoms with E-state index in [0.717, 1.165) is 13.2 Å². The van der Waals surface area contributed by atoms with Gasteiger partial charge in [0.15, 0.2) is 0 Å². The molecule has 0 aromatic rings. The minimum atomic E-state index is 0.375. The van der Waals surface area contributed by atoms with E-state index >= 15 is 0 Å². The first kappa shape index (κ1) is 7.98. The summed E-state index contributed by atoms with van der Waals surface area (Å²) in [7, 11) is 0. The fourth-order valence-electron chi connectivity index (χ4n) is 1.08. The van der Waals surface area contributed by atoms with Gasteiger partial charge < -0.3 is 5.73 Å². The third-order valence-electron chi connectivity index (χ3n) is 1.86. The van der Waals surface area contributed by atoms with Crippen LogP contribution >= 0.6 is 0 Å². The average Bonchev–Trinajstić information content (AvgIpc) is 2.05. The molecule has 1 heterocycles. The van der Waals surface area contributed by atoms with Crippen molar-refractivity contribution in [3.63, 3.8) is 0 Å². The zero-order valence-electron chi connectivity index (χ0n) is 6.55. The molecule has 1 rings (SSSR count). The smallest absolute Gasteiger partial charge is 0.0685 e. The molecule has 1 fully saturated rings. The summed E-state index contributed by atoms with van der Waals surface area (Å²) in [6, 6.07) is 0.375. The Morgan fingerprint density at radius 1 is 1.60 bits per heavy atom. The molecule has 0 radical (unpaired) electrons. The number of nitrogens with zero attached hydrogens (tertiary/aromatic N) is 1. The number of hydrogen-bond acceptors (Lipinski definition) is 3. The van der Waals surface area contributed by atoms with Crippen LogP contribution in [0.1, 0.15) is 19.8 Å². The summed E-state index contributed by atoms with van der Waals surface area (Å²) in [6.07, 6.45) is 2.43. The van der Waals surface area contributed by atoms with E-state index in [4.69, 9.17) is 10.6 Å². The summed E-state index contributed by atoms with van der Waals surface area (Å²) in [6.45, 7) is 4.67. The topological polar surface area (TPSA) is 38.5 Å². The predicted molar refractivity (Wildman–Crippen MR) is 40.4 cm³/mol. The van der Waals surface area contributed by atoms with E-state index in [-0.39, 0.29) is 0 Å². The Bertz CT molecular complexity index is 91.6. The van der Waals surface area contributed by atoms with Gasteiger partial charge in [-0.15, -0.1) is 0 Å². The standard InChI is InChI=1S/C7H16N2O/c1-7(6-8)9-4-2-3-5-10-9/h7H,2-6,8H2,1H3. The highest BCUT2D eigenvalue weighted by molar-refractivity contribution is 4.62. The maximum absolute atomic E-state index is 5.48. The summed E-state index contributed by atoms with van der Waals surface area (Å²) < 4.78 is 0. The lowest BCUT2D eigenvalue weighted by atomic mass is 10.2. The first-order valence-corrected chi connectivity index (χ1v) is 3.94. The Labute approximate surface area is 62.1 Å². The van der Waals surface area contributed by atoms with E-state index in [2.05, 4.69) is 6.92 Å². The lowest BCUT2D eigenvalue weighted by molar-refractivity contribution is -0.200. The van der Waals surface area contributed by atoms with Crippen LogP contribution in [0.25, 0.3) is 0 Å². The summed E-state index contributed by atoms with van der Waals surface area (Å²) in [5.74, 6) is 0. The van der Waals surface area contributed by atoms with Crippen molar-refractivity contribution in [3.05, 3.63) is 0 Å². The van der Waals surface area contributed by atoms with E-state index in [9.17, 15) is 0 Å². The zero-order valence-corrected chi connectivity index (χ0v) is 6.55. The van der Waals surface area contributed by atoms with Gasteiger partial charge in [-0.3, -0.25) is 4.84 Å². The van der Waals surface area contributed by atoms with Crippen LogP contribution in [-0.2, 0) is 4.84 Å². The molecular weight excluding hydrogens is 128 g/mol. The monoisotopic (exact) mass is 144 g/mol. The van der Waals surface area contributed by atoms with E-state index in [0.29, 0.717) is 12.6 Å². The second kappa shape index (κ2) is 3.91. The molecular formula is C7H16N2O. The molecule has 3 nitrogen and oxygen atoms in total. The maximum Gasteiger partial charge on any atom is 0.0685 e. The Hall–Kier alpha value is -0.120. The van der Waals surface area contributed by atoms with Crippen LogP contribution in [0, 0.1) is 0 Å². The molecule has 2 N–H and O–H groups in total. The van der Waals surface area contributed by atoms with Crippen LogP contribution in [0.15, 0.2) is 0 Å². The van der Waals surface area contributed by atoms with Gasteiger partial charge >= 0.3 is 0 Å². The first-order valence-electron chi connectivity index (χ1n) is 3.94. The molecule has 0 amide bonds. The summed E-state index contributed by atoms with van der Waals surface area (Å²) >= 11 is 0. The quantitative estimate of drug-likeness (QED) is 0.608. The number of hydroxylamine groups is 2. The fourth-order valence-corrected chi connectivity index (χ4v) is 1.08. The highest BCUT2D eigenvalue weighted by Crippen LogP contribution is 2.08. The third kappa shape index (κ3) is 1.94. The van der Waals surface area contributed by atoms with Crippen molar-refractivity contribution in [1.29, 1.82) is 0 Å². The average molecular weight is 144 g/mol. The summed E-state index contributed by atoms with van der Waals surface area (Å²) in [4.78, 5) is 5.38. The maximum atomic E-state index is 5.48. The number of rotatable bonds is 2. The van der Waals surface area contributed by atoms with Crippen LogP contribution in [0.4, 0.5) is 0 Å². The van der Waals surface area contributed by atoms with Crippen molar-refractivity contribution in [1.82, 2.24) is 5.06 Å². The Kier molecular flexibility index (Phi) is 3.12. The van der Waals surface area contributed by atoms with Crippen molar-refractivity contribution < 1.29 is 4.84 Å². The minimum absolute atomic E-state index is 0.375. The molecule has 0 spiro atoms. The van der Waals surface area contributed by atoms with Gasteiger partial charge in [-0.05, 0) is 19.8 Å². The molecule has 3 heteroatoms. The van der Waals surface area contributed by atoms with Gasteiger partial charge in [-0.1, -0.05) is 0 Å². The molecule has 1 unspecified atom stereocenters. The predicted octanol–water partition coefficient (Wildman–Crippen LogP) is 0.361. The van der Waals surface area contributed by atoms with E-state index in [1.807, 2.05) is 5.06 Å². The Morgan fingerprint density at radius 2 is 2.40 bits per heavy atom. The molecule has 0 aromatic heterocycles. The molecule has 1 saturated heterocycles. The second-order valence-corrected chi connectivity index (χ2v) is 2.77. The fraction of sp³-hybridized carbons (Fsp3) is 1.00. The van der Waals surface area contributed by atoms with Crippen LogP contribution in [0.5, 0.6) is 0 Å². The van der Waals surface area contributed by atoms with Gasteiger partial charge in [-0.2, -0.15) is 5.06 Å². The van der Waals surface area contributed by atoms with Crippen molar-refractivity contribution in [2.75, 3.05) is 19.7 Å². The van der Waals surface area contributed by atoms with Gasteiger partial charge in [-0.25, -0.2) is 0 Å². The molecule has 60 valence electrons. The lowest BCUT2D eigenvalue weighted by Crippen LogP contribution is -2.41. The summed E-state index contributed by atoms with van der Waals surface area (Å²) in [5.41, 5.74) is 5.48. The van der Waals surface area contributed by atoms with Gasteiger partial charge in [0.25, 0.3) is 0 Å². The minimum Gasteiger partial charge on any atom is -0.329 e. The SMILES string of the molecule is CC(CN)N1CCCCO1. The summed E-state index contributed by atoms with van der Waals surface area (Å²) in [5, 5.41) is 1.99. The van der Waals surface area contributed by atoms with Crippen LogP contribution in [0.2, 0.25) is 0 Å². The van der Waals surface area contributed by atoms with Crippen LogP contribution < -0.4 is 5.73 Å². The van der Waals surface area contributed by atoms with Gasteiger partial charge in [0, 0.05) is 19.1 Å². The molecule has 0 bridgehead atoms. The van der Waals surface area contributed by atoms with Crippen molar-refractivity contribution in [2.45, 2.75) is 25.8 Å². The van der Waals surface area contributed by atoms with Gasteiger partial charge in [0.05, 0.1) is 6.61 Å². The highest BCUT2D eigenvalue weighted by atomic mass is 16.7. The molecule has 10 heavy (non-hydrogen) atoms. The van der Waals surface area contributed by atoms with Gasteiger partial charge in [0.2, 0.25) is 0 Å². The molecule has 0 aromatic carbocycles. The van der Waals surface area contributed by atoms with E-state index < -0.39 is 0 Å². The molecule has 0 aliphatic carbocycles. The van der Waals surface area contributed by atoms with Crippen molar-refractivity contribution in [3.8, 4) is 0 Å². The van der Waals surface area contributed by atoms with Crippen LogP contribution in [0.3, 0.4) is 0 Å². The van der Waals surface area contributed by atoms with Gasteiger partial charge in [0.1, 0.15) is 0 Å². The lowest BCUT2D eigenvalue weighted by Gasteiger charge is -2.30. The van der Waals surface area contributed by atoms with Crippen molar-refractivity contribution in [2.24, 2.45) is 5.73 Å². The van der Waals surface area contributed by atoms with E-state index in [1.165, 1.54) is 12.8 Å². The van der Waals surface area contributed by atoms with E-state index in [1.54, 1.807) is 0 Å². The zero-order chi connectivity index (χ0) is 7.40. The number of hydrogen-bond donors (Lipinski definition) is 1. The van der Waals surface area contributed by atoms with Crippen molar-refractivity contribution >= 4 is 0 Å². The first-order chi connectivity index (χ1) is 4.84. The third-order valence-corrected chi connectivity index (χ3v) is 1.86. The second-order valence-electron chi connectivity index (χ2n) is 2.77. The number of nitrogens with two attached hydrogens (primary N) is 1. The Morgan fingerprint density at radius 3 is 2.90 bits per heavy atom. The Balaban J connectivity index is 2.24. The largest absolute Gasteiger partial charge is 0.329 e. The molecule has 0 saturated carbocycles. The van der Waals surface area contributed by atoms with Crippen LogP contribution in [-0.4, -0.2) is 30.8 Å². The molecule has 1 atom stereocenters.